The van der Waals surface area contributed by atoms with E-state index >= 15 is 0 Å². The number of esters is 1. The number of carbonyl (C=O) groups is 1. The van der Waals surface area contributed by atoms with Crippen molar-refractivity contribution in [2.75, 3.05) is 6.61 Å². The van der Waals surface area contributed by atoms with Crippen LogP contribution in [-0.4, -0.2) is 12.6 Å². The number of carbonyl (C=O) groups excluding carboxylic acids is 1. The van der Waals surface area contributed by atoms with Gasteiger partial charge in [-0.25, -0.2) is 0 Å². The Kier molecular flexibility index (Phi) is 7.16. The van der Waals surface area contributed by atoms with E-state index in [1.54, 1.807) is 0 Å². The van der Waals surface area contributed by atoms with Gasteiger partial charge in [0.25, 0.3) is 0 Å². The highest BCUT2D eigenvalue weighted by atomic mass is 79.9. The maximum Gasteiger partial charge on any atom is 0.302 e. The van der Waals surface area contributed by atoms with E-state index in [9.17, 15) is 4.79 Å². The Labute approximate surface area is 82.1 Å². The van der Waals surface area contributed by atoms with Crippen LogP contribution < -0.4 is 0 Å². The molecule has 0 bridgehead atoms. The van der Waals surface area contributed by atoms with Gasteiger partial charge in [-0.1, -0.05) is 22.5 Å². The molecule has 0 aliphatic heterocycles. The van der Waals surface area contributed by atoms with Crippen LogP contribution in [0.2, 0.25) is 0 Å². The lowest BCUT2D eigenvalue weighted by atomic mass is 10.2. The number of rotatable bonds is 6. The predicted octanol–water partition coefficient (Wildman–Crippen LogP) is 3.02. The summed E-state index contributed by atoms with van der Waals surface area (Å²) in [6.45, 7) is 5.71. The summed E-state index contributed by atoms with van der Waals surface area (Å²) in [5.74, 6) is -0.195. The summed E-state index contributed by atoms with van der Waals surface area (Å²) in [6.07, 6.45) is 4.13. The summed E-state index contributed by atoms with van der Waals surface area (Å²) in [6, 6.07) is 0. The highest BCUT2D eigenvalue weighted by Crippen LogP contribution is 2.11. The molecule has 0 heterocycles. The molecular formula is C9H15BrO2. The molecule has 2 nitrogen and oxygen atoms in total. The van der Waals surface area contributed by atoms with Gasteiger partial charge in [0.2, 0.25) is 0 Å². The molecule has 0 saturated heterocycles. The molecule has 0 unspecified atom stereocenters. The third-order valence-corrected chi connectivity index (χ3v) is 1.79. The fraction of sp³-hybridized carbons (Fsp3) is 0.667. The zero-order valence-corrected chi connectivity index (χ0v) is 9.02. The molecule has 0 aromatic rings. The van der Waals surface area contributed by atoms with Crippen LogP contribution in [0, 0.1) is 0 Å². The first-order valence-electron chi connectivity index (χ1n) is 4.09. The molecule has 0 fully saturated rings. The molecule has 0 N–H and O–H groups in total. The van der Waals surface area contributed by atoms with Gasteiger partial charge in [-0.2, -0.15) is 0 Å². The maximum atomic E-state index is 10.3. The quantitative estimate of drug-likeness (QED) is 0.522. The molecule has 0 saturated carbocycles. The number of halogens is 1. The van der Waals surface area contributed by atoms with E-state index in [1.165, 1.54) is 6.92 Å². The van der Waals surface area contributed by atoms with Crippen molar-refractivity contribution < 1.29 is 9.53 Å². The van der Waals surface area contributed by atoms with E-state index in [2.05, 4.69) is 22.5 Å². The van der Waals surface area contributed by atoms with Gasteiger partial charge in [-0.3, -0.25) is 4.79 Å². The van der Waals surface area contributed by atoms with E-state index in [4.69, 9.17) is 4.74 Å². The SMILES string of the molecule is C=C(Br)CCCCCOC(C)=O. The zero-order valence-electron chi connectivity index (χ0n) is 7.44. The normalized spacial score (nSPS) is 9.50. The summed E-state index contributed by atoms with van der Waals surface area (Å²) >= 11 is 3.29. The van der Waals surface area contributed by atoms with Crippen molar-refractivity contribution in [2.24, 2.45) is 0 Å². The van der Waals surface area contributed by atoms with Crippen molar-refractivity contribution in [3.8, 4) is 0 Å². The van der Waals surface area contributed by atoms with Gasteiger partial charge in [0.05, 0.1) is 6.61 Å². The van der Waals surface area contributed by atoms with Gasteiger partial charge in [0.15, 0.2) is 0 Å². The second-order valence-electron chi connectivity index (χ2n) is 2.67. The Bertz CT molecular complexity index is 137. The molecule has 70 valence electrons. The van der Waals surface area contributed by atoms with Gasteiger partial charge in [-0.15, -0.1) is 0 Å². The number of unbranched alkanes of at least 4 members (excludes halogenated alkanes) is 2. The lowest BCUT2D eigenvalue weighted by molar-refractivity contribution is -0.141. The molecule has 12 heavy (non-hydrogen) atoms. The highest BCUT2D eigenvalue weighted by molar-refractivity contribution is 9.11. The summed E-state index contributed by atoms with van der Waals surface area (Å²) in [7, 11) is 0. The summed E-state index contributed by atoms with van der Waals surface area (Å²) in [5, 5.41) is 0. The first-order chi connectivity index (χ1) is 5.63. The van der Waals surface area contributed by atoms with Gasteiger partial charge in [-0.05, 0) is 30.2 Å². The molecule has 0 aromatic heterocycles. The van der Waals surface area contributed by atoms with Crippen LogP contribution in [0.5, 0.6) is 0 Å². The first-order valence-corrected chi connectivity index (χ1v) is 4.89. The Morgan fingerprint density at radius 2 is 2.08 bits per heavy atom. The highest BCUT2D eigenvalue weighted by Gasteiger charge is 1.93. The zero-order chi connectivity index (χ0) is 9.40. The molecule has 3 heteroatoms. The minimum absolute atomic E-state index is 0.195. The Morgan fingerprint density at radius 3 is 2.58 bits per heavy atom. The topological polar surface area (TPSA) is 26.3 Å². The second-order valence-corrected chi connectivity index (χ2v) is 3.79. The Balaban J connectivity index is 3.01. The van der Waals surface area contributed by atoms with Crippen molar-refractivity contribution >= 4 is 21.9 Å². The summed E-state index contributed by atoms with van der Waals surface area (Å²) < 4.78 is 5.81. The number of allylic oxidation sites excluding steroid dienone is 1. The minimum Gasteiger partial charge on any atom is -0.466 e. The van der Waals surface area contributed by atoms with Gasteiger partial charge < -0.3 is 4.74 Å². The minimum atomic E-state index is -0.195. The maximum absolute atomic E-state index is 10.3. The van der Waals surface area contributed by atoms with Crippen molar-refractivity contribution in [2.45, 2.75) is 32.6 Å². The van der Waals surface area contributed by atoms with E-state index in [-0.39, 0.29) is 5.97 Å². The van der Waals surface area contributed by atoms with Crippen LogP contribution in [0.3, 0.4) is 0 Å². The van der Waals surface area contributed by atoms with Gasteiger partial charge >= 0.3 is 5.97 Å². The van der Waals surface area contributed by atoms with Crippen LogP contribution in [0.1, 0.15) is 32.6 Å². The van der Waals surface area contributed by atoms with Crippen molar-refractivity contribution in [1.82, 2.24) is 0 Å². The molecule has 0 spiro atoms. The van der Waals surface area contributed by atoms with Crippen molar-refractivity contribution in [3.63, 3.8) is 0 Å². The Hall–Kier alpha value is -0.310. The number of hydrogen-bond acceptors (Lipinski definition) is 2. The average Bonchev–Trinajstić information content (AvgIpc) is 1.95. The van der Waals surface area contributed by atoms with E-state index in [0.29, 0.717) is 6.61 Å². The van der Waals surface area contributed by atoms with Gasteiger partial charge in [0.1, 0.15) is 0 Å². The fourth-order valence-electron chi connectivity index (χ4n) is 0.812. The fourth-order valence-corrected chi connectivity index (χ4v) is 1.09. The van der Waals surface area contributed by atoms with Gasteiger partial charge in [0, 0.05) is 6.92 Å². The lowest BCUT2D eigenvalue weighted by Gasteiger charge is -2.00. The molecule has 0 aliphatic carbocycles. The van der Waals surface area contributed by atoms with Crippen LogP contribution in [-0.2, 0) is 9.53 Å². The molecule has 0 atom stereocenters. The molecule has 0 amide bonds. The molecule has 0 radical (unpaired) electrons. The van der Waals surface area contributed by atoms with Crippen molar-refractivity contribution in [1.29, 1.82) is 0 Å². The predicted molar refractivity (Wildman–Crippen MR) is 53.2 cm³/mol. The van der Waals surface area contributed by atoms with Crippen LogP contribution in [0.25, 0.3) is 0 Å². The third-order valence-electron chi connectivity index (χ3n) is 1.40. The van der Waals surface area contributed by atoms with Crippen LogP contribution >= 0.6 is 15.9 Å². The van der Waals surface area contributed by atoms with Crippen molar-refractivity contribution in [3.05, 3.63) is 11.1 Å². The standard InChI is InChI=1S/C9H15BrO2/c1-8(10)6-4-3-5-7-12-9(2)11/h1,3-7H2,2H3. The number of hydrogen-bond donors (Lipinski definition) is 0. The Morgan fingerprint density at radius 1 is 1.42 bits per heavy atom. The lowest BCUT2D eigenvalue weighted by Crippen LogP contribution is -1.99. The van der Waals surface area contributed by atoms with E-state index < -0.39 is 0 Å². The first kappa shape index (κ1) is 11.7. The summed E-state index contributed by atoms with van der Waals surface area (Å²) in [5.41, 5.74) is 0. The number of ether oxygens (including phenoxy) is 1. The second kappa shape index (κ2) is 7.35. The summed E-state index contributed by atoms with van der Waals surface area (Å²) in [4.78, 5) is 10.3. The molecule has 0 aliphatic rings. The molecule has 0 aromatic carbocycles. The van der Waals surface area contributed by atoms with Crippen LogP contribution in [0.15, 0.2) is 11.1 Å². The molecule has 0 rings (SSSR count). The third kappa shape index (κ3) is 9.69. The monoisotopic (exact) mass is 234 g/mol. The van der Waals surface area contributed by atoms with E-state index in [0.717, 1.165) is 30.2 Å². The van der Waals surface area contributed by atoms with E-state index in [1.807, 2.05) is 0 Å². The average molecular weight is 235 g/mol. The smallest absolute Gasteiger partial charge is 0.302 e. The molecular weight excluding hydrogens is 220 g/mol. The van der Waals surface area contributed by atoms with Crippen LogP contribution in [0.4, 0.5) is 0 Å². The largest absolute Gasteiger partial charge is 0.466 e.